The van der Waals surface area contributed by atoms with Crippen molar-refractivity contribution in [2.45, 2.75) is 25.0 Å². The van der Waals surface area contributed by atoms with Crippen LogP contribution >= 0.6 is 0 Å². The number of hydrogen-bond donors (Lipinski definition) is 2. The summed E-state index contributed by atoms with van der Waals surface area (Å²) in [6.07, 6.45) is 1.75. The Morgan fingerprint density at radius 2 is 2.26 bits per heavy atom. The molecule has 3 unspecified atom stereocenters. The van der Waals surface area contributed by atoms with Crippen LogP contribution in [0.1, 0.15) is 24.4 Å². The largest absolute Gasteiger partial charge is 0.493 e. The molecule has 6 heteroatoms. The lowest BCUT2D eigenvalue weighted by atomic mass is 9.99. The molecule has 0 aromatic heterocycles. The van der Waals surface area contributed by atoms with Gasteiger partial charge < -0.3 is 24.8 Å². The van der Waals surface area contributed by atoms with Crippen LogP contribution in [0.5, 0.6) is 11.5 Å². The first-order valence-corrected chi connectivity index (χ1v) is 8.06. The number of nitrogens with one attached hydrogen (secondary N) is 1. The van der Waals surface area contributed by atoms with E-state index in [1.807, 2.05) is 18.2 Å². The molecule has 2 aliphatic heterocycles. The van der Waals surface area contributed by atoms with Crippen molar-refractivity contribution in [2.24, 2.45) is 5.92 Å². The molecule has 0 saturated carbocycles. The predicted octanol–water partition coefficient (Wildman–Crippen LogP) is 1.51. The van der Waals surface area contributed by atoms with Gasteiger partial charge in [0, 0.05) is 31.2 Å². The topological polar surface area (TPSA) is 71.0 Å². The molecule has 1 aromatic rings. The van der Waals surface area contributed by atoms with Crippen LogP contribution in [0.2, 0.25) is 0 Å². The number of methoxy groups -OCH3 is 1. The second-order valence-electron chi connectivity index (χ2n) is 6.40. The van der Waals surface area contributed by atoms with Crippen LogP contribution in [0, 0.1) is 5.92 Å². The average Bonchev–Trinajstić information content (AvgIpc) is 3.16. The molecule has 23 heavy (non-hydrogen) atoms. The van der Waals surface area contributed by atoms with Crippen LogP contribution in [0.25, 0.3) is 0 Å². The maximum atomic E-state index is 11.2. The average molecular weight is 320 g/mol. The number of rotatable bonds is 5. The van der Waals surface area contributed by atoms with Crippen molar-refractivity contribution < 1.29 is 19.4 Å². The van der Waals surface area contributed by atoms with Crippen LogP contribution in [0.3, 0.4) is 0 Å². The lowest BCUT2D eigenvalue weighted by molar-refractivity contribution is -0.141. The van der Waals surface area contributed by atoms with Crippen molar-refractivity contribution in [1.82, 2.24) is 10.2 Å². The molecule has 2 N–H and O–H groups in total. The molecule has 3 rings (SSSR count). The Balaban J connectivity index is 1.78. The second-order valence-corrected chi connectivity index (χ2v) is 6.40. The van der Waals surface area contributed by atoms with Gasteiger partial charge in [-0.3, -0.25) is 4.79 Å². The smallest absolute Gasteiger partial charge is 0.307 e. The van der Waals surface area contributed by atoms with E-state index in [0.29, 0.717) is 18.7 Å². The zero-order chi connectivity index (χ0) is 16.4. The highest BCUT2D eigenvalue weighted by atomic mass is 16.5. The standard InChI is InChI=1S/C17H24N2O4/c1-19-7-6-12(10-19)23-15-5-3-4-13(16(15)22-2)14-8-11(9-18-14)17(20)21/h3-5,11-12,14,18H,6-10H2,1-2H3,(H,20,21). The minimum absolute atomic E-state index is 0.0131. The van der Waals surface area contributed by atoms with E-state index < -0.39 is 5.97 Å². The van der Waals surface area contributed by atoms with Crippen molar-refractivity contribution in [1.29, 1.82) is 0 Å². The molecule has 126 valence electrons. The molecule has 2 saturated heterocycles. The maximum Gasteiger partial charge on any atom is 0.307 e. The number of aliphatic carboxylic acids is 1. The van der Waals surface area contributed by atoms with Crippen LogP contribution in [0.15, 0.2) is 18.2 Å². The number of carboxylic acids is 1. The van der Waals surface area contributed by atoms with Crippen LogP contribution in [0.4, 0.5) is 0 Å². The Morgan fingerprint density at radius 1 is 1.43 bits per heavy atom. The Hall–Kier alpha value is -1.79. The number of carbonyl (C=O) groups is 1. The van der Waals surface area contributed by atoms with Gasteiger partial charge in [-0.15, -0.1) is 0 Å². The molecule has 0 amide bonds. The van der Waals surface area contributed by atoms with Gasteiger partial charge in [-0.1, -0.05) is 12.1 Å². The molecule has 0 bridgehead atoms. The van der Waals surface area contributed by atoms with E-state index >= 15 is 0 Å². The number of nitrogens with zero attached hydrogens (tertiary/aromatic N) is 1. The molecule has 6 nitrogen and oxygen atoms in total. The fourth-order valence-corrected chi connectivity index (χ4v) is 3.45. The predicted molar refractivity (Wildman–Crippen MR) is 86.0 cm³/mol. The Morgan fingerprint density at radius 3 is 2.87 bits per heavy atom. The van der Waals surface area contributed by atoms with Gasteiger partial charge in [-0.25, -0.2) is 0 Å². The van der Waals surface area contributed by atoms with E-state index in [4.69, 9.17) is 9.47 Å². The number of benzene rings is 1. The molecule has 1 aromatic carbocycles. The third kappa shape index (κ3) is 3.43. The zero-order valence-corrected chi connectivity index (χ0v) is 13.6. The Labute approximate surface area is 136 Å². The highest BCUT2D eigenvalue weighted by molar-refractivity contribution is 5.71. The maximum absolute atomic E-state index is 11.2. The fraction of sp³-hybridized carbons (Fsp3) is 0.588. The Kier molecular flexibility index (Phi) is 4.73. The monoisotopic (exact) mass is 320 g/mol. The third-order valence-corrected chi connectivity index (χ3v) is 4.71. The molecule has 0 spiro atoms. The normalized spacial score (nSPS) is 28.0. The van der Waals surface area contributed by atoms with Gasteiger partial charge in [0.15, 0.2) is 11.5 Å². The van der Waals surface area contributed by atoms with Crippen LogP contribution in [-0.2, 0) is 4.79 Å². The number of ether oxygens (including phenoxy) is 2. The van der Waals surface area contributed by atoms with Crippen molar-refractivity contribution in [3.8, 4) is 11.5 Å². The summed E-state index contributed by atoms with van der Waals surface area (Å²) < 4.78 is 11.7. The van der Waals surface area contributed by atoms with Gasteiger partial charge in [0.1, 0.15) is 6.10 Å². The summed E-state index contributed by atoms with van der Waals surface area (Å²) in [6.45, 7) is 2.44. The highest BCUT2D eigenvalue weighted by Gasteiger charge is 2.32. The summed E-state index contributed by atoms with van der Waals surface area (Å²) in [6, 6.07) is 5.83. The molecule has 0 aliphatic carbocycles. The Bertz CT molecular complexity index is 578. The highest BCUT2D eigenvalue weighted by Crippen LogP contribution is 2.39. The second kappa shape index (κ2) is 6.76. The van der Waals surface area contributed by atoms with E-state index in [2.05, 4.69) is 17.3 Å². The lowest BCUT2D eigenvalue weighted by Crippen LogP contribution is -2.22. The van der Waals surface area contributed by atoms with E-state index in [0.717, 1.165) is 30.8 Å². The van der Waals surface area contributed by atoms with Gasteiger partial charge in [0.2, 0.25) is 0 Å². The van der Waals surface area contributed by atoms with Gasteiger partial charge in [0.05, 0.1) is 13.0 Å². The molecule has 0 radical (unpaired) electrons. The molecular weight excluding hydrogens is 296 g/mol. The summed E-state index contributed by atoms with van der Waals surface area (Å²) in [7, 11) is 3.72. The quantitative estimate of drug-likeness (QED) is 0.857. The van der Waals surface area contributed by atoms with E-state index in [1.165, 1.54) is 0 Å². The summed E-state index contributed by atoms with van der Waals surface area (Å²) in [5.41, 5.74) is 0.972. The van der Waals surface area contributed by atoms with Gasteiger partial charge >= 0.3 is 5.97 Å². The molecule has 2 heterocycles. The van der Waals surface area contributed by atoms with E-state index in [-0.39, 0.29) is 18.1 Å². The van der Waals surface area contributed by atoms with E-state index in [9.17, 15) is 9.90 Å². The number of para-hydroxylation sites is 1. The van der Waals surface area contributed by atoms with Crippen LogP contribution < -0.4 is 14.8 Å². The summed E-state index contributed by atoms with van der Waals surface area (Å²) in [5, 5.41) is 12.5. The van der Waals surface area contributed by atoms with Crippen molar-refractivity contribution >= 4 is 5.97 Å². The van der Waals surface area contributed by atoms with E-state index in [1.54, 1.807) is 7.11 Å². The molecular formula is C17H24N2O4. The van der Waals surface area contributed by atoms with Crippen LogP contribution in [-0.4, -0.2) is 55.9 Å². The lowest BCUT2D eigenvalue weighted by Gasteiger charge is -2.21. The number of likely N-dealkylation sites (tertiary alicyclic amines) is 1. The summed E-state index contributed by atoms with van der Waals surface area (Å²) >= 11 is 0. The SMILES string of the molecule is COc1c(OC2CCN(C)C2)cccc1C1CC(C(=O)O)CN1. The summed E-state index contributed by atoms with van der Waals surface area (Å²) in [4.78, 5) is 13.4. The first-order chi connectivity index (χ1) is 11.1. The zero-order valence-electron chi connectivity index (χ0n) is 13.6. The minimum Gasteiger partial charge on any atom is -0.493 e. The molecule has 2 aliphatic rings. The first kappa shape index (κ1) is 16.1. The fourth-order valence-electron chi connectivity index (χ4n) is 3.45. The minimum atomic E-state index is -0.750. The summed E-state index contributed by atoms with van der Waals surface area (Å²) in [5.74, 6) is 0.356. The third-order valence-electron chi connectivity index (χ3n) is 4.71. The van der Waals surface area contributed by atoms with Crippen molar-refractivity contribution in [3.05, 3.63) is 23.8 Å². The first-order valence-electron chi connectivity index (χ1n) is 8.06. The number of carboxylic acid groups (broad SMARTS) is 1. The van der Waals surface area contributed by atoms with Gasteiger partial charge in [-0.2, -0.15) is 0 Å². The molecule has 3 atom stereocenters. The number of hydrogen-bond acceptors (Lipinski definition) is 5. The van der Waals surface area contributed by atoms with Crippen molar-refractivity contribution in [2.75, 3.05) is 33.8 Å². The van der Waals surface area contributed by atoms with Gasteiger partial charge in [-0.05, 0) is 26.0 Å². The van der Waals surface area contributed by atoms with Gasteiger partial charge in [0.25, 0.3) is 0 Å². The molecule has 2 fully saturated rings. The number of likely N-dealkylation sites (N-methyl/N-ethyl adjacent to an activating group) is 1. The van der Waals surface area contributed by atoms with Crippen molar-refractivity contribution in [3.63, 3.8) is 0 Å².